The fourth-order valence-corrected chi connectivity index (χ4v) is 2.70. The first-order valence-electron chi connectivity index (χ1n) is 6.12. The molecule has 0 saturated heterocycles. The highest BCUT2D eigenvalue weighted by Gasteiger charge is 2.19. The van der Waals surface area contributed by atoms with E-state index < -0.39 is 0 Å². The van der Waals surface area contributed by atoms with Gasteiger partial charge in [-0.2, -0.15) is 11.8 Å². The van der Waals surface area contributed by atoms with E-state index in [9.17, 15) is 9.90 Å². The van der Waals surface area contributed by atoms with E-state index in [4.69, 9.17) is 11.6 Å². The van der Waals surface area contributed by atoms with Crippen LogP contribution in [-0.2, 0) is 0 Å². The van der Waals surface area contributed by atoms with Gasteiger partial charge in [0.15, 0.2) is 0 Å². The number of thioether (sulfide) groups is 1. The van der Waals surface area contributed by atoms with Gasteiger partial charge >= 0.3 is 0 Å². The average Bonchev–Trinajstić information content (AvgIpc) is 2.35. The van der Waals surface area contributed by atoms with Crippen molar-refractivity contribution >= 4 is 29.3 Å². The van der Waals surface area contributed by atoms with E-state index in [2.05, 4.69) is 5.32 Å². The third-order valence-corrected chi connectivity index (χ3v) is 4.70. The average molecular weight is 302 g/mol. The second kappa shape index (κ2) is 7.17. The summed E-state index contributed by atoms with van der Waals surface area (Å²) in [5.41, 5.74) is 2.58. The summed E-state index contributed by atoms with van der Waals surface area (Å²) in [5, 5.41) is 12.5. The normalized spacial score (nSPS) is 14.0. The van der Waals surface area contributed by atoms with Crippen molar-refractivity contribution < 1.29 is 9.90 Å². The molecule has 2 N–H and O–H groups in total. The van der Waals surface area contributed by atoms with Gasteiger partial charge in [-0.1, -0.05) is 11.6 Å². The minimum absolute atomic E-state index is 0.0192. The Morgan fingerprint density at radius 1 is 1.42 bits per heavy atom. The summed E-state index contributed by atoms with van der Waals surface area (Å²) in [6.07, 6.45) is 1.91. The van der Waals surface area contributed by atoms with Crippen molar-refractivity contribution in [3.05, 3.63) is 33.8 Å². The Labute approximate surface area is 123 Å². The molecule has 106 valence electrons. The SMILES string of the molecule is CSC(CO)C(C)NC(=O)c1cc(C)c(C)cc1Cl. The predicted octanol–water partition coefficient (Wildman–Crippen LogP) is 2.80. The molecular weight excluding hydrogens is 282 g/mol. The number of benzene rings is 1. The lowest BCUT2D eigenvalue weighted by atomic mass is 10.1. The number of carbonyl (C=O) groups excluding carboxylic acids is 1. The number of aryl methyl sites for hydroxylation is 2. The van der Waals surface area contributed by atoms with Gasteiger partial charge in [0.25, 0.3) is 5.91 Å². The molecule has 2 atom stereocenters. The van der Waals surface area contributed by atoms with Gasteiger partial charge in [0.2, 0.25) is 0 Å². The number of aliphatic hydroxyl groups is 1. The van der Waals surface area contributed by atoms with Crippen LogP contribution in [0.1, 0.15) is 28.4 Å². The topological polar surface area (TPSA) is 49.3 Å². The third kappa shape index (κ3) is 4.13. The lowest BCUT2D eigenvalue weighted by Crippen LogP contribution is -2.41. The zero-order valence-electron chi connectivity index (χ0n) is 11.7. The Hall–Kier alpha value is -0.710. The number of halogens is 1. The Kier molecular flexibility index (Phi) is 6.17. The van der Waals surface area contributed by atoms with Crippen LogP contribution in [-0.4, -0.2) is 35.2 Å². The number of hydrogen-bond acceptors (Lipinski definition) is 3. The Morgan fingerprint density at radius 3 is 2.53 bits per heavy atom. The highest BCUT2D eigenvalue weighted by Crippen LogP contribution is 2.21. The summed E-state index contributed by atoms with van der Waals surface area (Å²) < 4.78 is 0. The lowest BCUT2D eigenvalue weighted by Gasteiger charge is -2.21. The molecule has 5 heteroatoms. The molecule has 1 aromatic carbocycles. The minimum Gasteiger partial charge on any atom is -0.395 e. The van der Waals surface area contributed by atoms with Crippen molar-refractivity contribution in [3.63, 3.8) is 0 Å². The Morgan fingerprint density at radius 2 is 2.00 bits per heavy atom. The van der Waals surface area contributed by atoms with Crippen molar-refractivity contribution in [2.75, 3.05) is 12.9 Å². The van der Waals surface area contributed by atoms with Crippen LogP contribution in [0.15, 0.2) is 12.1 Å². The van der Waals surface area contributed by atoms with Crippen LogP contribution in [0.5, 0.6) is 0 Å². The van der Waals surface area contributed by atoms with Crippen LogP contribution in [0.25, 0.3) is 0 Å². The molecule has 1 aromatic rings. The lowest BCUT2D eigenvalue weighted by molar-refractivity contribution is 0.0936. The molecular formula is C14H20ClNO2S. The van der Waals surface area contributed by atoms with E-state index in [1.165, 1.54) is 11.8 Å². The Balaban J connectivity index is 2.87. The first-order valence-corrected chi connectivity index (χ1v) is 7.78. The summed E-state index contributed by atoms with van der Waals surface area (Å²) in [6, 6.07) is 3.48. The molecule has 2 unspecified atom stereocenters. The summed E-state index contributed by atoms with van der Waals surface area (Å²) in [5.74, 6) is -0.201. The van der Waals surface area contributed by atoms with Gasteiger partial charge in [-0.3, -0.25) is 4.79 Å². The van der Waals surface area contributed by atoms with Gasteiger partial charge < -0.3 is 10.4 Å². The van der Waals surface area contributed by atoms with E-state index in [-0.39, 0.29) is 23.8 Å². The fourth-order valence-electron chi connectivity index (χ4n) is 1.77. The quantitative estimate of drug-likeness (QED) is 0.879. The smallest absolute Gasteiger partial charge is 0.253 e. The summed E-state index contributed by atoms with van der Waals surface area (Å²) in [6.45, 7) is 5.82. The highest BCUT2D eigenvalue weighted by molar-refractivity contribution is 7.99. The van der Waals surface area contributed by atoms with E-state index in [0.29, 0.717) is 10.6 Å². The molecule has 0 heterocycles. The number of amides is 1. The molecule has 1 rings (SSSR count). The summed E-state index contributed by atoms with van der Waals surface area (Å²) in [4.78, 5) is 12.2. The van der Waals surface area contributed by atoms with Gasteiger partial charge in [0, 0.05) is 11.3 Å². The number of aliphatic hydroxyl groups excluding tert-OH is 1. The molecule has 0 aliphatic rings. The molecule has 0 aromatic heterocycles. The van der Waals surface area contributed by atoms with Crippen LogP contribution in [0.3, 0.4) is 0 Å². The number of carbonyl (C=O) groups is 1. The number of hydrogen-bond donors (Lipinski definition) is 2. The van der Waals surface area contributed by atoms with Crippen LogP contribution >= 0.6 is 23.4 Å². The van der Waals surface area contributed by atoms with Gasteiger partial charge in [-0.15, -0.1) is 0 Å². The van der Waals surface area contributed by atoms with Crippen LogP contribution < -0.4 is 5.32 Å². The molecule has 0 bridgehead atoms. The van der Waals surface area contributed by atoms with Crippen molar-refractivity contribution in [3.8, 4) is 0 Å². The maximum absolute atomic E-state index is 12.2. The van der Waals surface area contributed by atoms with E-state index in [1.807, 2.05) is 27.0 Å². The van der Waals surface area contributed by atoms with Crippen LogP contribution in [0.2, 0.25) is 5.02 Å². The summed E-state index contributed by atoms with van der Waals surface area (Å²) in [7, 11) is 0. The van der Waals surface area contributed by atoms with Crippen LogP contribution in [0, 0.1) is 13.8 Å². The van der Waals surface area contributed by atoms with Gasteiger partial charge in [-0.05, 0) is 50.3 Å². The van der Waals surface area contributed by atoms with Crippen molar-refractivity contribution in [1.82, 2.24) is 5.32 Å². The number of rotatable bonds is 5. The van der Waals surface area contributed by atoms with Crippen molar-refractivity contribution in [2.45, 2.75) is 32.1 Å². The maximum atomic E-state index is 12.2. The monoisotopic (exact) mass is 301 g/mol. The van der Waals surface area contributed by atoms with E-state index >= 15 is 0 Å². The first kappa shape index (κ1) is 16.3. The van der Waals surface area contributed by atoms with E-state index in [1.54, 1.807) is 12.1 Å². The first-order chi connectivity index (χ1) is 8.90. The highest BCUT2D eigenvalue weighted by atomic mass is 35.5. The van der Waals surface area contributed by atoms with Gasteiger partial charge in [0.05, 0.1) is 17.2 Å². The largest absolute Gasteiger partial charge is 0.395 e. The standard InChI is InChI=1S/C14H20ClNO2S/c1-8-5-11(12(15)6-9(8)2)14(18)16-10(3)13(7-17)19-4/h5-6,10,13,17H,7H2,1-4H3,(H,16,18). The van der Waals surface area contributed by atoms with Gasteiger partial charge in [-0.25, -0.2) is 0 Å². The molecule has 0 aliphatic heterocycles. The summed E-state index contributed by atoms with van der Waals surface area (Å²) >= 11 is 7.64. The predicted molar refractivity (Wildman–Crippen MR) is 82.2 cm³/mol. The molecule has 0 saturated carbocycles. The molecule has 3 nitrogen and oxygen atoms in total. The molecule has 0 radical (unpaired) electrons. The van der Waals surface area contributed by atoms with Crippen LogP contribution in [0.4, 0.5) is 0 Å². The second-order valence-corrected chi connectivity index (χ2v) is 6.12. The van der Waals surface area contributed by atoms with Crippen molar-refractivity contribution in [2.24, 2.45) is 0 Å². The molecule has 0 spiro atoms. The molecule has 0 aliphatic carbocycles. The zero-order valence-corrected chi connectivity index (χ0v) is 13.2. The molecule has 0 fully saturated rings. The number of nitrogens with one attached hydrogen (secondary N) is 1. The molecule has 19 heavy (non-hydrogen) atoms. The maximum Gasteiger partial charge on any atom is 0.253 e. The van der Waals surface area contributed by atoms with Gasteiger partial charge in [0.1, 0.15) is 0 Å². The zero-order chi connectivity index (χ0) is 14.6. The Bertz CT molecular complexity index is 461. The minimum atomic E-state index is -0.201. The second-order valence-electron chi connectivity index (χ2n) is 4.64. The van der Waals surface area contributed by atoms with E-state index in [0.717, 1.165) is 11.1 Å². The van der Waals surface area contributed by atoms with Crippen molar-refractivity contribution in [1.29, 1.82) is 0 Å². The molecule has 1 amide bonds. The fraction of sp³-hybridized carbons (Fsp3) is 0.500. The third-order valence-electron chi connectivity index (χ3n) is 3.23.